The third-order valence-corrected chi connectivity index (χ3v) is 6.05. The van der Waals surface area contributed by atoms with Crippen LogP contribution in [0.15, 0.2) is 60.7 Å². The molecular weight excluding hydrogens is 348 g/mol. The molecule has 0 N–H and O–H groups in total. The minimum atomic E-state index is 0.476. The molecule has 0 bridgehead atoms. The molecule has 0 amide bonds. The van der Waals surface area contributed by atoms with Gasteiger partial charge in [0.15, 0.2) is 0 Å². The standard InChI is InChI=1S/C24H32N2O2/c1-3-7-21(8-4-1)19-23(25-11-15-27-16-12-25)24(26-13-17-28-18-14-26)20-22-9-5-2-6-10-22/h1-10,23-24H,11-20H2. The van der Waals surface area contributed by atoms with Gasteiger partial charge in [0.1, 0.15) is 0 Å². The highest BCUT2D eigenvalue weighted by molar-refractivity contribution is 5.20. The number of benzene rings is 2. The molecule has 2 aromatic rings. The minimum absolute atomic E-state index is 0.476. The fourth-order valence-electron chi connectivity index (χ4n) is 4.55. The maximum atomic E-state index is 5.67. The highest BCUT2D eigenvalue weighted by atomic mass is 16.5. The van der Waals surface area contributed by atoms with Crippen molar-refractivity contribution in [2.75, 3.05) is 52.6 Å². The Hall–Kier alpha value is -1.72. The first-order valence-corrected chi connectivity index (χ1v) is 10.6. The van der Waals surface area contributed by atoms with E-state index in [4.69, 9.17) is 9.47 Å². The number of rotatable bonds is 7. The Bertz CT molecular complexity index is 621. The second-order valence-electron chi connectivity index (χ2n) is 7.81. The lowest BCUT2D eigenvalue weighted by Gasteiger charge is -2.45. The summed E-state index contributed by atoms with van der Waals surface area (Å²) in [5.74, 6) is 0. The van der Waals surface area contributed by atoms with E-state index >= 15 is 0 Å². The van der Waals surface area contributed by atoms with E-state index in [0.717, 1.165) is 65.4 Å². The third kappa shape index (κ3) is 5.21. The smallest absolute Gasteiger partial charge is 0.0594 e. The van der Waals surface area contributed by atoms with Crippen molar-refractivity contribution in [1.82, 2.24) is 9.80 Å². The second-order valence-corrected chi connectivity index (χ2v) is 7.81. The van der Waals surface area contributed by atoms with Crippen LogP contribution >= 0.6 is 0 Å². The fourth-order valence-corrected chi connectivity index (χ4v) is 4.55. The molecule has 2 aromatic carbocycles. The number of hydrogen-bond donors (Lipinski definition) is 0. The molecule has 2 heterocycles. The molecule has 0 saturated carbocycles. The average Bonchev–Trinajstić information content (AvgIpc) is 2.79. The van der Waals surface area contributed by atoms with E-state index in [1.807, 2.05) is 0 Å². The van der Waals surface area contributed by atoms with Crippen LogP contribution in [-0.2, 0) is 22.3 Å². The van der Waals surface area contributed by atoms with Crippen molar-refractivity contribution in [2.45, 2.75) is 24.9 Å². The van der Waals surface area contributed by atoms with Gasteiger partial charge in [-0.15, -0.1) is 0 Å². The highest BCUT2D eigenvalue weighted by Crippen LogP contribution is 2.23. The largest absolute Gasteiger partial charge is 0.379 e. The quantitative estimate of drug-likeness (QED) is 0.737. The van der Waals surface area contributed by atoms with Gasteiger partial charge in [-0.05, 0) is 24.0 Å². The van der Waals surface area contributed by atoms with Crippen LogP contribution < -0.4 is 0 Å². The lowest BCUT2D eigenvalue weighted by Crippen LogP contribution is -2.58. The molecule has 4 heteroatoms. The van der Waals surface area contributed by atoms with Gasteiger partial charge in [-0.2, -0.15) is 0 Å². The lowest BCUT2D eigenvalue weighted by molar-refractivity contribution is -0.0352. The van der Waals surface area contributed by atoms with Crippen LogP contribution in [0.3, 0.4) is 0 Å². The predicted octanol–water partition coefficient (Wildman–Crippen LogP) is 2.87. The Morgan fingerprint density at radius 3 is 1.29 bits per heavy atom. The van der Waals surface area contributed by atoms with Gasteiger partial charge in [0.2, 0.25) is 0 Å². The molecule has 0 radical (unpaired) electrons. The summed E-state index contributed by atoms with van der Waals surface area (Å²) in [4.78, 5) is 5.33. The van der Waals surface area contributed by atoms with Crippen molar-refractivity contribution < 1.29 is 9.47 Å². The van der Waals surface area contributed by atoms with E-state index in [1.54, 1.807) is 0 Å². The van der Waals surface area contributed by atoms with Crippen LogP contribution in [0, 0.1) is 0 Å². The van der Waals surface area contributed by atoms with Gasteiger partial charge in [0, 0.05) is 38.3 Å². The monoisotopic (exact) mass is 380 g/mol. The minimum Gasteiger partial charge on any atom is -0.379 e. The van der Waals surface area contributed by atoms with Crippen molar-refractivity contribution >= 4 is 0 Å². The highest BCUT2D eigenvalue weighted by Gasteiger charge is 2.33. The third-order valence-electron chi connectivity index (χ3n) is 6.05. The maximum absolute atomic E-state index is 5.67. The molecular formula is C24H32N2O2. The SMILES string of the molecule is c1ccc(CC(C(Cc2ccccc2)N2CCOCC2)N2CCOCC2)cc1. The maximum Gasteiger partial charge on any atom is 0.0594 e. The summed E-state index contributed by atoms with van der Waals surface area (Å²) in [6.07, 6.45) is 2.16. The van der Waals surface area contributed by atoms with Gasteiger partial charge in [0.05, 0.1) is 26.4 Å². The zero-order chi connectivity index (χ0) is 19.0. The molecule has 2 aliphatic rings. The van der Waals surface area contributed by atoms with E-state index < -0.39 is 0 Å². The first-order valence-electron chi connectivity index (χ1n) is 10.6. The van der Waals surface area contributed by atoms with Crippen LogP contribution in [0.5, 0.6) is 0 Å². The van der Waals surface area contributed by atoms with Crippen LogP contribution in [0.2, 0.25) is 0 Å². The van der Waals surface area contributed by atoms with E-state index in [2.05, 4.69) is 70.5 Å². The molecule has 0 spiro atoms. The number of ether oxygens (including phenoxy) is 2. The molecule has 2 unspecified atom stereocenters. The summed E-state index contributed by atoms with van der Waals surface area (Å²) in [6, 6.07) is 22.9. The fraction of sp³-hybridized carbons (Fsp3) is 0.500. The Balaban J connectivity index is 1.62. The summed E-state index contributed by atoms with van der Waals surface area (Å²) in [6.45, 7) is 7.44. The van der Waals surface area contributed by atoms with Gasteiger partial charge < -0.3 is 9.47 Å². The van der Waals surface area contributed by atoms with Crippen molar-refractivity contribution in [3.8, 4) is 0 Å². The first kappa shape index (κ1) is 19.6. The van der Waals surface area contributed by atoms with Crippen LogP contribution in [0.4, 0.5) is 0 Å². The molecule has 2 aliphatic heterocycles. The summed E-state index contributed by atoms with van der Waals surface area (Å²) in [5.41, 5.74) is 2.84. The molecule has 0 aliphatic carbocycles. The van der Waals surface area contributed by atoms with Crippen molar-refractivity contribution in [3.05, 3.63) is 71.8 Å². The molecule has 2 atom stereocenters. The van der Waals surface area contributed by atoms with E-state index in [1.165, 1.54) is 11.1 Å². The number of nitrogens with zero attached hydrogens (tertiary/aromatic N) is 2. The first-order chi connectivity index (χ1) is 13.9. The summed E-state index contributed by atoms with van der Waals surface area (Å²) in [5, 5.41) is 0. The molecule has 28 heavy (non-hydrogen) atoms. The van der Waals surface area contributed by atoms with Crippen LogP contribution in [0.25, 0.3) is 0 Å². The second kappa shape index (κ2) is 10.2. The van der Waals surface area contributed by atoms with Crippen LogP contribution in [0.1, 0.15) is 11.1 Å². The molecule has 2 fully saturated rings. The van der Waals surface area contributed by atoms with Gasteiger partial charge in [0.25, 0.3) is 0 Å². The Labute approximate surface area is 169 Å². The normalized spacial score (nSPS) is 21.3. The Kier molecular flexibility index (Phi) is 7.12. The van der Waals surface area contributed by atoms with E-state index in [0.29, 0.717) is 12.1 Å². The van der Waals surface area contributed by atoms with Crippen molar-refractivity contribution in [2.24, 2.45) is 0 Å². The molecule has 0 aromatic heterocycles. The Morgan fingerprint density at radius 2 is 0.929 bits per heavy atom. The molecule has 2 saturated heterocycles. The van der Waals surface area contributed by atoms with Gasteiger partial charge in [-0.3, -0.25) is 9.80 Å². The molecule has 150 valence electrons. The zero-order valence-corrected chi connectivity index (χ0v) is 16.7. The van der Waals surface area contributed by atoms with E-state index in [-0.39, 0.29) is 0 Å². The molecule has 4 nitrogen and oxygen atoms in total. The Morgan fingerprint density at radius 1 is 0.571 bits per heavy atom. The van der Waals surface area contributed by atoms with Crippen LogP contribution in [-0.4, -0.2) is 74.5 Å². The zero-order valence-electron chi connectivity index (χ0n) is 16.7. The molecule has 4 rings (SSSR count). The van der Waals surface area contributed by atoms with Gasteiger partial charge >= 0.3 is 0 Å². The van der Waals surface area contributed by atoms with Gasteiger partial charge in [-0.1, -0.05) is 60.7 Å². The predicted molar refractivity (Wildman–Crippen MR) is 113 cm³/mol. The summed E-state index contributed by atoms with van der Waals surface area (Å²) >= 11 is 0. The average molecular weight is 381 g/mol. The van der Waals surface area contributed by atoms with Crippen molar-refractivity contribution in [3.63, 3.8) is 0 Å². The number of hydrogen-bond acceptors (Lipinski definition) is 4. The topological polar surface area (TPSA) is 24.9 Å². The lowest BCUT2D eigenvalue weighted by atomic mass is 9.91. The summed E-state index contributed by atoms with van der Waals surface area (Å²) in [7, 11) is 0. The van der Waals surface area contributed by atoms with Gasteiger partial charge in [-0.25, -0.2) is 0 Å². The number of morpholine rings is 2. The van der Waals surface area contributed by atoms with Crippen molar-refractivity contribution in [1.29, 1.82) is 0 Å². The van der Waals surface area contributed by atoms with E-state index in [9.17, 15) is 0 Å². The summed E-state index contributed by atoms with van der Waals surface area (Å²) < 4.78 is 11.3.